The van der Waals surface area contributed by atoms with E-state index in [2.05, 4.69) is 5.32 Å². The number of rotatable bonds is 2. The largest absolute Gasteiger partial charge is 0.416 e. The van der Waals surface area contributed by atoms with E-state index in [1.165, 1.54) is 13.8 Å². The summed E-state index contributed by atoms with van der Waals surface area (Å²) < 4.78 is 37.5. The van der Waals surface area contributed by atoms with E-state index in [1.807, 2.05) is 0 Å². The number of benzene rings is 1. The maximum Gasteiger partial charge on any atom is 0.416 e. The number of halogens is 4. The summed E-state index contributed by atoms with van der Waals surface area (Å²) in [6, 6.07) is 2.68. The van der Waals surface area contributed by atoms with Gasteiger partial charge in [0.1, 0.15) is 0 Å². The van der Waals surface area contributed by atoms with Gasteiger partial charge in [-0.2, -0.15) is 13.2 Å². The summed E-state index contributed by atoms with van der Waals surface area (Å²) in [7, 11) is 0. The summed E-state index contributed by atoms with van der Waals surface area (Å²) in [5, 5.41) is 2.28. The fourth-order valence-corrected chi connectivity index (χ4v) is 1.25. The van der Waals surface area contributed by atoms with Gasteiger partial charge in [-0.25, -0.2) is 0 Å². The van der Waals surface area contributed by atoms with Crippen LogP contribution in [0.4, 0.5) is 18.9 Å². The number of carbonyl (C=O) groups excluding carboxylic acids is 1. The summed E-state index contributed by atoms with van der Waals surface area (Å²) in [4.78, 5) is 11.6. The first-order valence-corrected chi connectivity index (χ1v) is 5.36. The Kier molecular flexibility index (Phi) is 3.92. The molecule has 0 aliphatic rings. The van der Waals surface area contributed by atoms with Crippen molar-refractivity contribution in [2.24, 2.45) is 5.73 Å². The van der Waals surface area contributed by atoms with E-state index in [1.54, 1.807) is 0 Å². The minimum atomic E-state index is -4.50. The third-order valence-corrected chi connectivity index (χ3v) is 2.46. The van der Waals surface area contributed by atoms with E-state index in [9.17, 15) is 18.0 Å². The fraction of sp³-hybridized carbons (Fsp3) is 0.364. The summed E-state index contributed by atoms with van der Waals surface area (Å²) >= 11 is 5.72. The summed E-state index contributed by atoms with van der Waals surface area (Å²) in [5.74, 6) is -0.622. The van der Waals surface area contributed by atoms with Gasteiger partial charge in [0, 0.05) is 0 Å². The van der Waals surface area contributed by atoms with Gasteiger partial charge >= 0.3 is 6.18 Å². The van der Waals surface area contributed by atoms with E-state index < -0.39 is 23.2 Å². The molecule has 0 atom stereocenters. The highest BCUT2D eigenvalue weighted by Gasteiger charge is 2.31. The Labute approximate surface area is 107 Å². The highest BCUT2D eigenvalue weighted by molar-refractivity contribution is 6.33. The normalized spacial score (nSPS) is 12.4. The zero-order valence-electron chi connectivity index (χ0n) is 9.73. The third-order valence-electron chi connectivity index (χ3n) is 2.13. The van der Waals surface area contributed by atoms with Crippen LogP contribution >= 0.6 is 11.6 Å². The molecular weight excluding hydrogens is 269 g/mol. The van der Waals surface area contributed by atoms with Crippen LogP contribution in [0.15, 0.2) is 18.2 Å². The van der Waals surface area contributed by atoms with Crippen LogP contribution in [0.1, 0.15) is 19.4 Å². The van der Waals surface area contributed by atoms with Crippen molar-refractivity contribution in [2.45, 2.75) is 25.6 Å². The molecule has 7 heteroatoms. The van der Waals surface area contributed by atoms with Crippen molar-refractivity contribution in [1.29, 1.82) is 0 Å². The number of alkyl halides is 3. The van der Waals surface area contributed by atoms with Crippen molar-refractivity contribution in [3.63, 3.8) is 0 Å². The molecule has 18 heavy (non-hydrogen) atoms. The zero-order valence-corrected chi connectivity index (χ0v) is 10.5. The van der Waals surface area contributed by atoms with Crippen molar-refractivity contribution >= 4 is 23.2 Å². The summed E-state index contributed by atoms with van der Waals surface area (Å²) in [6.45, 7) is 2.87. The molecule has 3 nitrogen and oxygen atoms in total. The predicted molar refractivity (Wildman–Crippen MR) is 63.4 cm³/mol. The quantitative estimate of drug-likeness (QED) is 0.875. The van der Waals surface area contributed by atoms with Gasteiger partial charge in [-0.05, 0) is 32.0 Å². The van der Waals surface area contributed by atoms with Crippen LogP contribution in [0.3, 0.4) is 0 Å². The number of nitrogens with two attached hydrogens (primary N) is 1. The Hall–Kier alpha value is -1.27. The van der Waals surface area contributed by atoms with E-state index >= 15 is 0 Å². The van der Waals surface area contributed by atoms with Gasteiger partial charge in [0.2, 0.25) is 5.91 Å². The van der Waals surface area contributed by atoms with E-state index in [4.69, 9.17) is 17.3 Å². The Morgan fingerprint density at radius 1 is 1.33 bits per heavy atom. The number of anilines is 1. The number of hydrogen-bond acceptors (Lipinski definition) is 2. The van der Waals surface area contributed by atoms with Gasteiger partial charge < -0.3 is 11.1 Å². The van der Waals surface area contributed by atoms with Gasteiger partial charge in [0.15, 0.2) is 0 Å². The van der Waals surface area contributed by atoms with Gasteiger partial charge in [-0.1, -0.05) is 11.6 Å². The molecule has 0 bridgehead atoms. The maximum atomic E-state index is 12.5. The molecule has 0 radical (unpaired) electrons. The molecule has 0 saturated carbocycles. The van der Waals surface area contributed by atoms with Crippen molar-refractivity contribution in [3.8, 4) is 0 Å². The zero-order chi connectivity index (χ0) is 14.1. The monoisotopic (exact) mass is 280 g/mol. The number of nitrogens with one attached hydrogen (secondary N) is 1. The molecule has 0 aliphatic carbocycles. The number of amides is 1. The standard InChI is InChI=1S/C11H12ClF3N2O/c1-10(2,16)9(18)17-8-5-6(11(13,14)15)3-4-7(8)12/h3-5H,16H2,1-2H3,(H,17,18). The minimum absolute atomic E-state index is 0.0144. The van der Waals surface area contributed by atoms with Crippen LogP contribution in [0, 0.1) is 0 Å². The van der Waals surface area contributed by atoms with Gasteiger partial charge in [-0.3, -0.25) is 4.79 Å². The molecular formula is C11H12ClF3N2O. The van der Waals surface area contributed by atoms with E-state index in [-0.39, 0.29) is 10.7 Å². The Morgan fingerprint density at radius 2 is 1.89 bits per heavy atom. The minimum Gasteiger partial charge on any atom is -0.323 e. The molecule has 0 heterocycles. The maximum absolute atomic E-state index is 12.5. The lowest BCUT2D eigenvalue weighted by molar-refractivity contribution is -0.137. The molecule has 100 valence electrons. The Bertz CT molecular complexity index is 466. The van der Waals surface area contributed by atoms with Crippen LogP contribution in [0.5, 0.6) is 0 Å². The highest BCUT2D eigenvalue weighted by Crippen LogP contribution is 2.33. The van der Waals surface area contributed by atoms with Crippen molar-refractivity contribution in [2.75, 3.05) is 5.32 Å². The Balaban J connectivity index is 3.06. The van der Waals surface area contributed by atoms with Crippen LogP contribution < -0.4 is 11.1 Å². The second kappa shape index (κ2) is 4.78. The molecule has 1 aromatic carbocycles. The molecule has 0 unspecified atom stereocenters. The van der Waals surface area contributed by atoms with Crippen LogP contribution in [-0.4, -0.2) is 11.4 Å². The molecule has 0 aromatic heterocycles. The molecule has 1 rings (SSSR count). The van der Waals surface area contributed by atoms with Gasteiger partial charge in [0.05, 0.1) is 21.8 Å². The van der Waals surface area contributed by atoms with E-state index in [0.717, 1.165) is 18.2 Å². The molecule has 0 saturated heterocycles. The fourth-order valence-electron chi connectivity index (χ4n) is 1.08. The van der Waals surface area contributed by atoms with Crippen molar-refractivity contribution in [1.82, 2.24) is 0 Å². The Morgan fingerprint density at radius 3 is 2.33 bits per heavy atom. The molecule has 0 spiro atoms. The smallest absolute Gasteiger partial charge is 0.323 e. The molecule has 1 amide bonds. The van der Waals surface area contributed by atoms with Gasteiger partial charge in [0.25, 0.3) is 0 Å². The molecule has 3 N–H and O–H groups in total. The SMILES string of the molecule is CC(C)(N)C(=O)Nc1cc(C(F)(F)F)ccc1Cl. The van der Waals surface area contributed by atoms with Crippen molar-refractivity contribution < 1.29 is 18.0 Å². The number of carbonyl (C=O) groups is 1. The second-order valence-electron chi connectivity index (χ2n) is 4.37. The van der Waals surface area contributed by atoms with Crippen LogP contribution in [0.25, 0.3) is 0 Å². The molecule has 0 aliphatic heterocycles. The highest BCUT2D eigenvalue weighted by atomic mass is 35.5. The topological polar surface area (TPSA) is 55.1 Å². The molecule has 1 aromatic rings. The van der Waals surface area contributed by atoms with Crippen molar-refractivity contribution in [3.05, 3.63) is 28.8 Å². The summed E-state index contributed by atoms with van der Waals surface area (Å²) in [6.07, 6.45) is -4.50. The van der Waals surface area contributed by atoms with E-state index in [0.29, 0.717) is 0 Å². The first-order valence-electron chi connectivity index (χ1n) is 4.99. The first-order chi connectivity index (χ1) is 8.01. The number of hydrogen-bond donors (Lipinski definition) is 2. The first kappa shape index (κ1) is 14.8. The van der Waals surface area contributed by atoms with Crippen LogP contribution in [-0.2, 0) is 11.0 Å². The summed E-state index contributed by atoms with van der Waals surface area (Å²) in [5.41, 5.74) is 3.31. The second-order valence-corrected chi connectivity index (χ2v) is 4.78. The lowest BCUT2D eigenvalue weighted by Crippen LogP contribution is -2.45. The molecule has 0 fully saturated rings. The van der Waals surface area contributed by atoms with Crippen LogP contribution in [0.2, 0.25) is 5.02 Å². The lowest BCUT2D eigenvalue weighted by atomic mass is 10.1. The van der Waals surface area contributed by atoms with Gasteiger partial charge in [-0.15, -0.1) is 0 Å². The average molecular weight is 281 g/mol. The third kappa shape index (κ3) is 3.61. The average Bonchev–Trinajstić information content (AvgIpc) is 2.18. The lowest BCUT2D eigenvalue weighted by Gasteiger charge is -2.19. The predicted octanol–water partition coefficient (Wildman–Crippen LogP) is 3.03.